The van der Waals surface area contributed by atoms with E-state index in [0.717, 1.165) is 5.69 Å². The van der Waals surface area contributed by atoms with Crippen molar-refractivity contribution in [2.75, 3.05) is 18.4 Å². The average Bonchev–Trinajstić information content (AvgIpc) is 3.54. The van der Waals surface area contributed by atoms with Crippen molar-refractivity contribution >= 4 is 17.5 Å². The van der Waals surface area contributed by atoms with Gasteiger partial charge >= 0.3 is 0 Å². The summed E-state index contributed by atoms with van der Waals surface area (Å²) in [5.41, 5.74) is 1.72. The van der Waals surface area contributed by atoms with Crippen LogP contribution in [0.5, 0.6) is 0 Å². The molecule has 8 heteroatoms. The summed E-state index contributed by atoms with van der Waals surface area (Å²) in [6.07, 6.45) is 6.70. The van der Waals surface area contributed by atoms with E-state index < -0.39 is 5.82 Å². The molecule has 0 aliphatic carbocycles. The molecule has 0 radical (unpaired) electrons. The van der Waals surface area contributed by atoms with E-state index >= 15 is 0 Å². The number of benzene rings is 2. The number of nitrogens with one attached hydrogen (secondary N) is 1. The molecule has 1 aliphatic heterocycles. The van der Waals surface area contributed by atoms with Gasteiger partial charge in [0.2, 0.25) is 5.91 Å². The molecule has 2 aromatic heterocycles. The second kappa shape index (κ2) is 9.35. The Bertz CT molecular complexity index is 1300. The molecule has 4 aromatic rings. The molecule has 172 valence electrons. The Morgan fingerprint density at radius 1 is 1.00 bits per heavy atom. The van der Waals surface area contributed by atoms with Gasteiger partial charge in [-0.1, -0.05) is 24.3 Å². The van der Waals surface area contributed by atoms with E-state index in [-0.39, 0.29) is 17.7 Å². The van der Waals surface area contributed by atoms with Crippen molar-refractivity contribution in [1.29, 1.82) is 0 Å². The van der Waals surface area contributed by atoms with Gasteiger partial charge in [0, 0.05) is 31.2 Å². The molecule has 5 rings (SSSR count). The van der Waals surface area contributed by atoms with E-state index in [9.17, 15) is 14.0 Å². The lowest BCUT2D eigenvalue weighted by Gasteiger charge is -2.32. The second-order valence-corrected chi connectivity index (χ2v) is 8.31. The zero-order chi connectivity index (χ0) is 23.5. The van der Waals surface area contributed by atoms with Crippen LogP contribution < -0.4 is 5.32 Å². The van der Waals surface area contributed by atoms with Crippen molar-refractivity contribution < 1.29 is 14.0 Å². The number of amides is 2. The Kier molecular flexibility index (Phi) is 5.95. The molecule has 2 amide bonds. The molecule has 0 saturated carbocycles. The van der Waals surface area contributed by atoms with Gasteiger partial charge in [-0.2, -0.15) is 5.10 Å². The molecule has 1 atom stereocenters. The number of piperidine rings is 1. The Morgan fingerprint density at radius 3 is 2.56 bits per heavy atom. The monoisotopic (exact) mass is 457 g/mol. The molecule has 0 unspecified atom stereocenters. The van der Waals surface area contributed by atoms with Gasteiger partial charge in [-0.3, -0.25) is 9.59 Å². The summed E-state index contributed by atoms with van der Waals surface area (Å²) in [5, 5.41) is 7.28. The van der Waals surface area contributed by atoms with Gasteiger partial charge in [-0.05, 0) is 55.3 Å². The normalized spacial score (nSPS) is 15.8. The average molecular weight is 458 g/mol. The van der Waals surface area contributed by atoms with Crippen LogP contribution in [-0.4, -0.2) is 44.2 Å². The number of anilines is 1. The number of carbonyl (C=O) groups excluding carboxylic acids is 2. The van der Waals surface area contributed by atoms with Crippen molar-refractivity contribution in [2.45, 2.75) is 12.8 Å². The van der Waals surface area contributed by atoms with Gasteiger partial charge in [0.1, 0.15) is 11.4 Å². The summed E-state index contributed by atoms with van der Waals surface area (Å²) in [5.74, 6) is -0.526. The van der Waals surface area contributed by atoms with Gasteiger partial charge in [0.15, 0.2) is 5.82 Å². The van der Waals surface area contributed by atoms with Crippen molar-refractivity contribution in [3.8, 4) is 11.5 Å². The van der Waals surface area contributed by atoms with Crippen LogP contribution in [-0.2, 0) is 4.79 Å². The summed E-state index contributed by atoms with van der Waals surface area (Å²) in [6.45, 7) is 0.853. The highest BCUT2D eigenvalue weighted by Gasteiger charge is 2.31. The fourth-order valence-corrected chi connectivity index (χ4v) is 4.33. The van der Waals surface area contributed by atoms with Gasteiger partial charge in [0.25, 0.3) is 5.91 Å². The topological polar surface area (TPSA) is 72.2 Å². The van der Waals surface area contributed by atoms with Gasteiger partial charge in [-0.25, -0.2) is 9.07 Å². The van der Waals surface area contributed by atoms with Crippen LogP contribution in [0, 0.1) is 11.7 Å². The minimum Gasteiger partial charge on any atom is -0.338 e. The molecule has 2 aromatic carbocycles. The lowest BCUT2D eigenvalue weighted by molar-refractivity contribution is -0.121. The first-order valence-electron chi connectivity index (χ1n) is 11.2. The Balaban J connectivity index is 1.39. The molecule has 1 N–H and O–H groups in total. The summed E-state index contributed by atoms with van der Waals surface area (Å²) in [4.78, 5) is 28.2. The van der Waals surface area contributed by atoms with Crippen LogP contribution in [0.15, 0.2) is 85.3 Å². The Morgan fingerprint density at radius 2 is 1.79 bits per heavy atom. The third-order valence-electron chi connectivity index (χ3n) is 6.00. The van der Waals surface area contributed by atoms with Crippen molar-refractivity contribution in [3.05, 3.63) is 96.7 Å². The van der Waals surface area contributed by atoms with E-state index in [1.807, 2.05) is 59.4 Å². The standard InChI is InChI=1S/C26H24FN5O2/c27-20-9-6-10-21(16-20)29-24(33)19-8-7-15-31(18-19)26(34)23-17-28-32(22-11-2-1-3-12-22)25(23)30-13-4-5-14-30/h1-6,9-14,16-17,19H,7-8,15,18H2,(H,29,33)/t19-/m1/s1. The first-order chi connectivity index (χ1) is 16.6. The van der Waals surface area contributed by atoms with Crippen molar-refractivity contribution in [1.82, 2.24) is 19.2 Å². The van der Waals surface area contributed by atoms with E-state index in [4.69, 9.17) is 0 Å². The van der Waals surface area contributed by atoms with Crippen LogP contribution in [0.3, 0.4) is 0 Å². The highest BCUT2D eigenvalue weighted by atomic mass is 19.1. The molecule has 1 fully saturated rings. The van der Waals surface area contributed by atoms with E-state index in [2.05, 4.69) is 10.4 Å². The van der Waals surface area contributed by atoms with Crippen molar-refractivity contribution in [2.24, 2.45) is 5.92 Å². The van der Waals surface area contributed by atoms with Crippen molar-refractivity contribution in [3.63, 3.8) is 0 Å². The Hall–Kier alpha value is -4.20. The minimum absolute atomic E-state index is 0.172. The van der Waals surface area contributed by atoms with E-state index in [1.54, 1.807) is 27.9 Å². The largest absolute Gasteiger partial charge is 0.338 e. The molecule has 34 heavy (non-hydrogen) atoms. The molecule has 7 nitrogen and oxygen atoms in total. The van der Waals surface area contributed by atoms with Gasteiger partial charge in [0.05, 0.1) is 17.8 Å². The number of aromatic nitrogens is 3. The SMILES string of the molecule is O=C(Nc1cccc(F)c1)[C@@H]1CCCN(C(=O)c2cnn(-c3ccccc3)c2-n2cccc2)C1. The maximum atomic E-state index is 13.6. The van der Waals surface area contributed by atoms with Crippen LogP contribution >= 0.6 is 0 Å². The number of hydrogen-bond acceptors (Lipinski definition) is 3. The van der Waals surface area contributed by atoms with E-state index in [0.29, 0.717) is 43.0 Å². The molecular formula is C26H24FN5O2. The summed E-state index contributed by atoms with van der Waals surface area (Å²) < 4.78 is 17.1. The summed E-state index contributed by atoms with van der Waals surface area (Å²) in [7, 11) is 0. The third kappa shape index (κ3) is 4.34. The number of likely N-dealkylation sites (tertiary alicyclic amines) is 1. The van der Waals surface area contributed by atoms with Gasteiger partial charge in [-0.15, -0.1) is 0 Å². The zero-order valence-corrected chi connectivity index (χ0v) is 18.5. The highest BCUT2D eigenvalue weighted by molar-refractivity contribution is 5.98. The number of hydrogen-bond donors (Lipinski definition) is 1. The third-order valence-corrected chi connectivity index (χ3v) is 6.00. The first-order valence-corrected chi connectivity index (χ1v) is 11.2. The first kappa shape index (κ1) is 21.6. The molecular weight excluding hydrogens is 433 g/mol. The highest BCUT2D eigenvalue weighted by Crippen LogP contribution is 2.25. The second-order valence-electron chi connectivity index (χ2n) is 8.31. The maximum absolute atomic E-state index is 13.6. The molecule has 3 heterocycles. The number of carbonyl (C=O) groups is 2. The summed E-state index contributed by atoms with van der Waals surface area (Å²) in [6, 6.07) is 19.2. The summed E-state index contributed by atoms with van der Waals surface area (Å²) >= 11 is 0. The number of nitrogens with zero attached hydrogens (tertiary/aromatic N) is 4. The predicted octanol–water partition coefficient (Wildman–Crippen LogP) is 4.29. The molecule has 0 bridgehead atoms. The Labute approximate surface area is 196 Å². The lowest BCUT2D eigenvalue weighted by Crippen LogP contribution is -2.44. The van der Waals surface area contributed by atoms with Crippen LogP contribution in [0.25, 0.3) is 11.5 Å². The predicted molar refractivity (Wildman–Crippen MR) is 127 cm³/mol. The lowest BCUT2D eigenvalue weighted by atomic mass is 9.96. The smallest absolute Gasteiger partial charge is 0.259 e. The quantitative estimate of drug-likeness (QED) is 0.486. The molecule has 1 saturated heterocycles. The fraction of sp³-hybridized carbons (Fsp3) is 0.192. The minimum atomic E-state index is -0.411. The van der Waals surface area contributed by atoms with E-state index in [1.165, 1.54) is 12.1 Å². The van der Waals surface area contributed by atoms with Crippen LogP contribution in [0.4, 0.5) is 10.1 Å². The zero-order valence-electron chi connectivity index (χ0n) is 18.5. The van der Waals surface area contributed by atoms with Gasteiger partial charge < -0.3 is 14.8 Å². The fourth-order valence-electron chi connectivity index (χ4n) is 4.33. The van der Waals surface area contributed by atoms with Crippen LogP contribution in [0.1, 0.15) is 23.2 Å². The maximum Gasteiger partial charge on any atom is 0.259 e. The number of halogens is 1. The number of para-hydroxylation sites is 1. The number of rotatable bonds is 5. The van der Waals surface area contributed by atoms with Crippen LogP contribution in [0.2, 0.25) is 0 Å². The molecule has 1 aliphatic rings. The molecule has 0 spiro atoms.